The highest BCUT2D eigenvalue weighted by atomic mass is 32.2. The number of hydrogen-bond donors (Lipinski definition) is 1. The van der Waals surface area contributed by atoms with Crippen molar-refractivity contribution in [2.45, 2.75) is 37.9 Å². The largest absolute Gasteiger partial charge is 0.315 e. The van der Waals surface area contributed by atoms with Crippen molar-refractivity contribution in [2.24, 2.45) is 0 Å². The van der Waals surface area contributed by atoms with Gasteiger partial charge in [0.15, 0.2) is 0 Å². The topological polar surface area (TPSA) is 75.2 Å². The number of piperidine rings is 1. The Bertz CT molecular complexity index is 533. The maximum atomic E-state index is 12.5. The van der Waals surface area contributed by atoms with Crippen LogP contribution in [0.4, 0.5) is 0 Å². The molecule has 0 aromatic carbocycles. The van der Waals surface area contributed by atoms with Crippen LogP contribution in [0.5, 0.6) is 0 Å². The number of sulfonamides is 1. The fourth-order valence-electron chi connectivity index (χ4n) is 2.28. The predicted molar refractivity (Wildman–Crippen MR) is 72.3 cm³/mol. The van der Waals surface area contributed by atoms with Crippen molar-refractivity contribution in [2.75, 3.05) is 20.1 Å². The Kier molecular flexibility index (Phi) is 4.17. The second-order valence-corrected chi connectivity index (χ2v) is 6.85. The van der Waals surface area contributed by atoms with Gasteiger partial charge in [0, 0.05) is 31.0 Å². The van der Waals surface area contributed by atoms with Crippen LogP contribution in [0, 0.1) is 13.8 Å². The molecule has 0 unspecified atom stereocenters. The van der Waals surface area contributed by atoms with Crippen LogP contribution in [0.25, 0.3) is 0 Å². The first-order chi connectivity index (χ1) is 8.91. The van der Waals surface area contributed by atoms with Crippen LogP contribution in [0.2, 0.25) is 0 Å². The Morgan fingerprint density at radius 3 is 2.47 bits per heavy atom. The summed E-state index contributed by atoms with van der Waals surface area (Å²) in [6.45, 7) is 5.18. The minimum Gasteiger partial charge on any atom is -0.315 e. The van der Waals surface area contributed by atoms with E-state index >= 15 is 0 Å². The standard InChI is InChI=1S/C12H20N4O2S/c1-9-7-10(2)15-12(14-9)19(17,18)16(3)11-5-4-6-13-8-11/h7,11,13H,4-6,8H2,1-3H3/t11-/m0/s1. The molecule has 0 radical (unpaired) electrons. The van der Waals surface area contributed by atoms with Crippen molar-refractivity contribution in [3.8, 4) is 0 Å². The Morgan fingerprint density at radius 2 is 1.95 bits per heavy atom. The molecule has 1 saturated heterocycles. The lowest BCUT2D eigenvalue weighted by atomic mass is 10.1. The first-order valence-electron chi connectivity index (χ1n) is 6.42. The number of nitrogens with zero attached hydrogens (tertiary/aromatic N) is 3. The van der Waals surface area contributed by atoms with Crippen LogP contribution in [-0.2, 0) is 10.0 Å². The van der Waals surface area contributed by atoms with E-state index in [4.69, 9.17) is 0 Å². The van der Waals surface area contributed by atoms with Crippen molar-refractivity contribution in [3.05, 3.63) is 17.5 Å². The van der Waals surface area contributed by atoms with Gasteiger partial charge in [-0.2, -0.15) is 4.31 Å². The molecule has 1 aromatic rings. The lowest BCUT2D eigenvalue weighted by Gasteiger charge is -2.30. The molecule has 1 aromatic heterocycles. The van der Waals surface area contributed by atoms with E-state index in [2.05, 4.69) is 15.3 Å². The summed E-state index contributed by atoms with van der Waals surface area (Å²) in [5, 5.41) is 3.12. The van der Waals surface area contributed by atoms with E-state index in [1.165, 1.54) is 4.31 Å². The highest BCUT2D eigenvalue weighted by molar-refractivity contribution is 7.88. The number of aromatic nitrogens is 2. The highest BCUT2D eigenvalue weighted by Crippen LogP contribution is 2.17. The van der Waals surface area contributed by atoms with E-state index in [0.717, 1.165) is 19.4 Å². The number of rotatable bonds is 3. The summed E-state index contributed by atoms with van der Waals surface area (Å²) < 4.78 is 26.4. The first-order valence-corrected chi connectivity index (χ1v) is 7.86. The van der Waals surface area contributed by atoms with Gasteiger partial charge in [-0.1, -0.05) is 0 Å². The smallest absolute Gasteiger partial charge is 0.278 e. The van der Waals surface area contributed by atoms with E-state index in [-0.39, 0.29) is 11.2 Å². The molecule has 2 heterocycles. The van der Waals surface area contributed by atoms with Crippen molar-refractivity contribution >= 4 is 10.0 Å². The Hall–Kier alpha value is -1.05. The zero-order valence-electron chi connectivity index (χ0n) is 11.5. The van der Waals surface area contributed by atoms with E-state index in [1.807, 2.05) is 0 Å². The third-order valence-electron chi connectivity index (χ3n) is 3.36. The quantitative estimate of drug-likeness (QED) is 0.816. The zero-order chi connectivity index (χ0) is 14.0. The van der Waals surface area contributed by atoms with Gasteiger partial charge in [-0.05, 0) is 39.3 Å². The van der Waals surface area contributed by atoms with Crippen molar-refractivity contribution in [1.82, 2.24) is 19.6 Å². The molecule has 1 N–H and O–H groups in total. The Morgan fingerprint density at radius 1 is 1.32 bits per heavy atom. The summed E-state index contributed by atoms with van der Waals surface area (Å²) in [5.74, 6) is 0. The molecule has 0 amide bonds. The fourth-order valence-corrected chi connectivity index (χ4v) is 3.63. The van der Waals surface area contributed by atoms with E-state index < -0.39 is 10.0 Å². The molecular formula is C12H20N4O2S. The normalized spacial score (nSPS) is 20.7. The van der Waals surface area contributed by atoms with Crippen LogP contribution in [0.1, 0.15) is 24.2 Å². The third kappa shape index (κ3) is 3.10. The number of hydrogen-bond acceptors (Lipinski definition) is 5. The van der Waals surface area contributed by atoms with Gasteiger partial charge in [0.25, 0.3) is 15.2 Å². The van der Waals surface area contributed by atoms with Gasteiger partial charge in [-0.3, -0.25) is 0 Å². The Balaban J connectivity index is 2.30. The molecule has 0 spiro atoms. The number of likely N-dealkylation sites (N-methyl/N-ethyl adjacent to an activating group) is 1. The zero-order valence-corrected chi connectivity index (χ0v) is 12.4. The van der Waals surface area contributed by atoms with Crippen molar-refractivity contribution < 1.29 is 8.42 Å². The molecule has 0 aliphatic carbocycles. The van der Waals surface area contributed by atoms with Crippen LogP contribution in [-0.4, -0.2) is 48.9 Å². The molecule has 0 saturated carbocycles. The summed E-state index contributed by atoms with van der Waals surface area (Å²) in [6, 6.07) is 1.74. The van der Waals surface area contributed by atoms with E-state index in [9.17, 15) is 8.42 Å². The van der Waals surface area contributed by atoms with Crippen molar-refractivity contribution in [3.63, 3.8) is 0 Å². The van der Waals surface area contributed by atoms with Gasteiger partial charge >= 0.3 is 0 Å². The maximum absolute atomic E-state index is 12.5. The summed E-state index contributed by atoms with van der Waals surface area (Å²) in [6.07, 6.45) is 1.85. The summed E-state index contributed by atoms with van der Waals surface area (Å²) in [7, 11) is -2.01. The molecule has 7 heteroatoms. The van der Waals surface area contributed by atoms with Gasteiger partial charge in [-0.15, -0.1) is 0 Å². The molecular weight excluding hydrogens is 264 g/mol. The lowest BCUT2D eigenvalue weighted by molar-refractivity contribution is 0.298. The van der Waals surface area contributed by atoms with Crippen LogP contribution >= 0.6 is 0 Å². The van der Waals surface area contributed by atoms with Crippen LogP contribution in [0.3, 0.4) is 0 Å². The highest BCUT2D eigenvalue weighted by Gasteiger charge is 2.31. The maximum Gasteiger partial charge on any atom is 0.278 e. The molecule has 1 atom stereocenters. The van der Waals surface area contributed by atoms with Gasteiger partial charge in [0.1, 0.15) is 0 Å². The molecule has 1 aliphatic heterocycles. The molecule has 106 valence electrons. The minimum atomic E-state index is -3.61. The molecule has 1 fully saturated rings. The molecule has 6 nitrogen and oxygen atoms in total. The summed E-state index contributed by atoms with van der Waals surface area (Å²) >= 11 is 0. The summed E-state index contributed by atoms with van der Waals surface area (Å²) in [4.78, 5) is 8.12. The summed E-state index contributed by atoms with van der Waals surface area (Å²) in [5.41, 5.74) is 1.34. The minimum absolute atomic E-state index is 0.0248. The molecule has 2 rings (SSSR count). The number of aryl methyl sites for hydroxylation is 2. The second-order valence-electron chi connectivity index (χ2n) is 4.95. The van der Waals surface area contributed by atoms with Gasteiger partial charge in [0.2, 0.25) is 0 Å². The Labute approximate surface area is 114 Å². The van der Waals surface area contributed by atoms with Crippen molar-refractivity contribution in [1.29, 1.82) is 0 Å². The molecule has 19 heavy (non-hydrogen) atoms. The van der Waals surface area contributed by atoms with Gasteiger partial charge < -0.3 is 5.32 Å². The third-order valence-corrected chi connectivity index (χ3v) is 5.06. The van der Waals surface area contributed by atoms with Crippen LogP contribution < -0.4 is 5.32 Å². The molecule has 1 aliphatic rings. The lowest BCUT2D eigenvalue weighted by Crippen LogP contribution is -2.46. The van der Waals surface area contributed by atoms with E-state index in [1.54, 1.807) is 27.0 Å². The van der Waals surface area contributed by atoms with Crippen LogP contribution in [0.15, 0.2) is 11.2 Å². The average molecular weight is 284 g/mol. The average Bonchev–Trinajstić information content (AvgIpc) is 2.37. The predicted octanol–water partition coefficient (Wildman–Crippen LogP) is 0.466. The number of nitrogens with one attached hydrogen (secondary N) is 1. The second kappa shape index (κ2) is 5.52. The molecule has 0 bridgehead atoms. The van der Waals surface area contributed by atoms with Gasteiger partial charge in [-0.25, -0.2) is 18.4 Å². The van der Waals surface area contributed by atoms with E-state index in [0.29, 0.717) is 17.9 Å². The fraction of sp³-hybridized carbons (Fsp3) is 0.667. The first kappa shape index (κ1) is 14.4. The SMILES string of the molecule is Cc1cc(C)nc(S(=O)(=O)N(C)[C@H]2CCCNC2)n1. The van der Waals surface area contributed by atoms with Gasteiger partial charge in [0.05, 0.1) is 0 Å². The monoisotopic (exact) mass is 284 g/mol.